The summed E-state index contributed by atoms with van der Waals surface area (Å²) in [4.78, 5) is 0. The number of methoxy groups -OCH3 is 3. The van der Waals surface area contributed by atoms with Crippen molar-refractivity contribution in [2.24, 2.45) is 0 Å². The molecule has 0 aliphatic carbocycles. The minimum atomic E-state index is -0.678. The van der Waals surface area contributed by atoms with Crippen LogP contribution in [0.25, 0.3) is 0 Å². The third kappa shape index (κ3) is 2.10. The molecule has 4 heteroatoms. The van der Waals surface area contributed by atoms with Crippen LogP contribution in [0.5, 0.6) is 11.5 Å². The molecule has 94 valence electrons. The molecule has 0 fully saturated rings. The maximum absolute atomic E-state index is 5.90. The lowest BCUT2D eigenvalue weighted by Crippen LogP contribution is -2.40. The van der Waals surface area contributed by atoms with E-state index in [9.17, 15) is 0 Å². The molecule has 0 saturated heterocycles. The number of hydrogen-bond acceptors (Lipinski definition) is 4. The number of ether oxygens (including phenoxy) is 4. The van der Waals surface area contributed by atoms with Gasteiger partial charge in [0.25, 0.3) is 0 Å². The van der Waals surface area contributed by atoms with E-state index in [-0.39, 0.29) is 6.10 Å². The first kappa shape index (κ1) is 12.2. The second kappa shape index (κ2) is 4.55. The van der Waals surface area contributed by atoms with Gasteiger partial charge in [0.1, 0.15) is 0 Å². The SMILES string of the molecule is COc1cccc2c1OC(C)(OC)CC2OC. The van der Waals surface area contributed by atoms with Gasteiger partial charge in [0.05, 0.1) is 13.2 Å². The van der Waals surface area contributed by atoms with Crippen molar-refractivity contribution >= 4 is 0 Å². The first-order valence-corrected chi connectivity index (χ1v) is 5.57. The van der Waals surface area contributed by atoms with Crippen LogP contribution >= 0.6 is 0 Å². The highest BCUT2D eigenvalue weighted by Crippen LogP contribution is 2.46. The van der Waals surface area contributed by atoms with Crippen LogP contribution in [0.4, 0.5) is 0 Å². The van der Waals surface area contributed by atoms with Gasteiger partial charge < -0.3 is 18.9 Å². The lowest BCUT2D eigenvalue weighted by atomic mass is 9.97. The first-order valence-electron chi connectivity index (χ1n) is 5.57. The molecule has 2 rings (SSSR count). The van der Waals surface area contributed by atoms with E-state index in [1.165, 1.54) is 0 Å². The van der Waals surface area contributed by atoms with Crippen molar-refractivity contribution < 1.29 is 18.9 Å². The van der Waals surface area contributed by atoms with Crippen LogP contribution in [0.1, 0.15) is 25.0 Å². The molecule has 0 amide bonds. The molecular weight excluding hydrogens is 220 g/mol. The van der Waals surface area contributed by atoms with E-state index in [1.54, 1.807) is 21.3 Å². The molecule has 0 radical (unpaired) electrons. The molecular formula is C13H18O4. The summed E-state index contributed by atoms with van der Waals surface area (Å²) in [5.74, 6) is 0.729. The maximum atomic E-state index is 5.90. The minimum Gasteiger partial charge on any atom is -0.493 e. The van der Waals surface area contributed by atoms with Gasteiger partial charge >= 0.3 is 0 Å². The zero-order chi connectivity index (χ0) is 12.5. The van der Waals surface area contributed by atoms with Crippen molar-refractivity contribution in [3.05, 3.63) is 23.8 Å². The second-order valence-electron chi connectivity index (χ2n) is 4.25. The summed E-state index contributed by atoms with van der Waals surface area (Å²) in [6.45, 7) is 1.90. The largest absolute Gasteiger partial charge is 0.493 e. The van der Waals surface area contributed by atoms with Crippen LogP contribution in [0.15, 0.2) is 18.2 Å². The Labute approximate surface area is 101 Å². The van der Waals surface area contributed by atoms with Crippen molar-refractivity contribution in [1.82, 2.24) is 0 Å². The molecule has 1 aliphatic rings. The van der Waals surface area contributed by atoms with E-state index >= 15 is 0 Å². The summed E-state index contributed by atoms with van der Waals surface area (Å²) in [7, 11) is 4.95. The normalized spacial score (nSPS) is 27.2. The summed E-state index contributed by atoms with van der Waals surface area (Å²) in [6.07, 6.45) is 0.610. The van der Waals surface area contributed by atoms with Crippen molar-refractivity contribution in [3.63, 3.8) is 0 Å². The third-order valence-electron chi connectivity index (χ3n) is 3.17. The summed E-state index contributed by atoms with van der Waals surface area (Å²) in [5, 5.41) is 0. The highest BCUT2D eigenvalue weighted by molar-refractivity contribution is 5.49. The quantitative estimate of drug-likeness (QED) is 0.810. The van der Waals surface area contributed by atoms with Gasteiger partial charge in [-0.3, -0.25) is 0 Å². The van der Waals surface area contributed by atoms with Crippen LogP contribution in [0, 0.1) is 0 Å². The van der Waals surface area contributed by atoms with Crippen molar-refractivity contribution in [1.29, 1.82) is 0 Å². The van der Waals surface area contributed by atoms with Gasteiger partial charge in [-0.1, -0.05) is 12.1 Å². The Hall–Kier alpha value is -1.26. The smallest absolute Gasteiger partial charge is 0.210 e. The molecule has 0 N–H and O–H groups in total. The van der Waals surface area contributed by atoms with Gasteiger partial charge in [0.15, 0.2) is 11.5 Å². The average Bonchev–Trinajstić information content (AvgIpc) is 2.37. The van der Waals surface area contributed by atoms with Crippen LogP contribution < -0.4 is 9.47 Å². The Bertz CT molecular complexity index is 404. The van der Waals surface area contributed by atoms with E-state index in [0.717, 1.165) is 5.56 Å². The fourth-order valence-electron chi connectivity index (χ4n) is 2.10. The molecule has 4 nitrogen and oxygen atoms in total. The van der Waals surface area contributed by atoms with Gasteiger partial charge in [-0.25, -0.2) is 0 Å². The predicted molar refractivity (Wildman–Crippen MR) is 63.4 cm³/mol. The van der Waals surface area contributed by atoms with Crippen LogP contribution in [0.3, 0.4) is 0 Å². The van der Waals surface area contributed by atoms with Gasteiger partial charge in [-0.05, 0) is 6.07 Å². The Morgan fingerprint density at radius 2 is 2.06 bits per heavy atom. The van der Waals surface area contributed by atoms with Crippen molar-refractivity contribution in [2.75, 3.05) is 21.3 Å². The molecule has 1 aliphatic heterocycles. The molecule has 0 bridgehead atoms. The van der Waals surface area contributed by atoms with Crippen LogP contribution in [-0.2, 0) is 9.47 Å². The Balaban J connectivity index is 2.48. The molecule has 17 heavy (non-hydrogen) atoms. The lowest BCUT2D eigenvalue weighted by molar-refractivity contribution is -0.185. The van der Waals surface area contributed by atoms with Crippen molar-refractivity contribution in [2.45, 2.75) is 25.2 Å². The molecule has 0 spiro atoms. The number of hydrogen-bond donors (Lipinski definition) is 0. The van der Waals surface area contributed by atoms with E-state index in [1.807, 2.05) is 25.1 Å². The van der Waals surface area contributed by atoms with E-state index < -0.39 is 5.79 Å². The summed E-state index contributed by atoms with van der Waals surface area (Å²) >= 11 is 0. The van der Waals surface area contributed by atoms with E-state index in [4.69, 9.17) is 18.9 Å². The van der Waals surface area contributed by atoms with Gasteiger partial charge in [-0.15, -0.1) is 0 Å². The van der Waals surface area contributed by atoms with E-state index in [2.05, 4.69) is 0 Å². The fraction of sp³-hybridized carbons (Fsp3) is 0.538. The fourth-order valence-corrected chi connectivity index (χ4v) is 2.10. The first-order chi connectivity index (χ1) is 8.13. The number of fused-ring (bicyclic) bond motifs is 1. The predicted octanol–water partition coefficient (Wildman–Crippen LogP) is 2.53. The lowest BCUT2D eigenvalue weighted by Gasteiger charge is -2.38. The van der Waals surface area contributed by atoms with Gasteiger partial charge in [-0.2, -0.15) is 0 Å². The summed E-state index contributed by atoms with van der Waals surface area (Å²) < 4.78 is 22.1. The number of rotatable bonds is 3. The Morgan fingerprint density at radius 1 is 1.29 bits per heavy atom. The van der Waals surface area contributed by atoms with Gasteiger partial charge in [0, 0.05) is 33.1 Å². The molecule has 2 unspecified atom stereocenters. The Morgan fingerprint density at radius 3 is 2.65 bits per heavy atom. The molecule has 0 saturated carbocycles. The Kier molecular flexibility index (Phi) is 3.26. The topological polar surface area (TPSA) is 36.9 Å². The zero-order valence-corrected chi connectivity index (χ0v) is 10.6. The number of benzene rings is 1. The standard InChI is InChI=1S/C13H18O4/c1-13(16-4)8-11(15-3)9-6-5-7-10(14-2)12(9)17-13/h5-7,11H,8H2,1-4H3. The number of para-hydroxylation sites is 1. The molecule has 1 heterocycles. The molecule has 0 aromatic heterocycles. The zero-order valence-electron chi connectivity index (χ0n) is 10.6. The monoisotopic (exact) mass is 238 g/mol. The molecule has 1 aromatic rings. The average molecular weight is 238 g/mol. The summed E-state index contributed by atoms with van der Waals surface area (Å²) in [6, 6.07) is 5.79. The third-order valence-corrected chi connectivity index (χ3v) is 3.17. The second-order valence-corrected chi connectivity index (χ2v) is 4.25. The summed E-state index contributed by atoms with van der Waals surface area (Å²) in [5.41, 5.74) is 1.00. The van der Waals surface area contributed by atoms with E-state index in [0.29, 0.717) is 17.9 Å². The van der Waals surface area contributed by atoms with Crippen molar-refractivity contribution in [3.8, 4) is 11.5 Å². The highest BCUT2D eigenvalue weighted by atomic mass is 16.7. The molecule has 1 aromatic carbocycles. The maximum Gasteiger partial charge on any atom is 0.210 e. The minimum absolute atomic E-state index is 0.0428. The van der Waals surface area contributed by atoms with Gasteiger partial charge in [0.2, 0.25) is 5.79 Å². The molecule has 2 atom stereocenters. The van der Waals surface area contributed by atoms with Crippen LogP contribution in [0.2, 0.25) is 0 Å². The highest BCUT2D eigenvalue weighted by Gasteiger charge is 2.39. The van der Waals surface area contributed by atoms with Crippen LogP contribution in [-0.4, -0.2) is 27.1 Å².